The third-order valence-corrected chi connectivity index (χ3v) is 15.0. The smallest absolute Gasteiger partial charge is 0.305 e. The number of carbonyl (C=O) groups excluding carboxylic acids is 10. The molecule has 0 saturated heterocycles. The Balaban J connectivity index is 1.96. The Morgan fingerprint density at radius 3 is 1.65 bits per heavy atom. The molecule has 0 radical (unpaired) electrons. The Morgan fingerprint density at radius 1 is 0.605 bits per heavy atom. The van der Waals surface area contributed by atoms with Gasteiger partial charge in [0.05, 0.1) is 31.8 Å². The molecule has 10 atom stereocenters. The predicted molar refractivity (Wildman–Crippen MR) is 322 cm³/mol. The van der Waals surface area contributed by atoms with Crippen molar-refractivity contribution in [3.05, 3.63) is 90.0 Å². The fourth-order valence-corrected chi connectivity index (χ4v) is 9.70. The van der Waals surface area contributed by atoms with Gasteiger partial charge in [0.2, 0.25) is 59.1 Å². The number of aromatic nitrogens is 2. The molecule has 0 fully saturated rings. The molecular weight excluding hydrogens is 1150 g/mol. The fraction of sp³-hybridized carbons (Fsp3) is 0.526. The van der Waals surface area contributed by atoms with Crippen LogP contribution in [0.5, 0.6) is 0 Å². The molecule has 0 spiro atoms. The Morgan fingerprint density at radius 2 is 1.12 bits per heavy atom. The summed E-state index contributed by atoms with van der Waals surface area (Å²) in [4.78, 5) is 170. The number of primary amides is 1. The Bertz CT molecular complexity index is 2750. The number of nitrogens with two attached hydrogens (primary N) is 2. The summed E-state index contributed by atoms with van der Waals surface area (Å²) >= 11 is 2.78. The maximum Gasteiger partial charge on any atom is 0.305 e. The molecule has 2 aromatic carbocycles. The molecule has 29 heteroatoms. The number of thioether (sulfide) groups is 2. The van der Waals surface area contributed by atoms with E-state index in [4.69, 9.17) is 16.6 Å². The fourth-order valence-electron chi connectivity index (χ4n) is 8.75. The van der Waals surface area contributed by atoms with Crippen molar-refractivity contribution in [3.8, 4) is 0 Å². The van der Waals surface area contributed by atoms with Gasteiger partial charge >= 0.3 is 11.9 Å². The van der Waals surface area contributed by atoms with E-state index in [1.807, 2.05) is 20.1 Å². The minimum Gasteiger partial charge on any atom is -0.481 e. The average molecular weight is 1240 g/mol. The molecule has 1 heterocycles. The lowest BCUT2D eigenvalue weighted by Gasteiger charge is -2.33. The number of nitrogens with one attached hydrogen (secondary N) is 9. The van der Waals surface area contributed by atoms with E-state index >= 15 is 0 Å². The van der Waals surface area contributed by atoms with Crippen LogP contribution in [0.2, 0.25) is 0 Å². The molecule has 0 saturated carbocycles. The zero-order valence-electron chi connectivity index (χ0n) is 49.4. The first-order valence-corrected chi connectivity index (χ1v) is 30.7. The molecule has 0 aliphatic carbocycles. The number of H-pyrrole nitrogens is 1. The normalized spacial score (nSPS) is 14.6. The number of carboxylic acid groups (broad SMARTS) is 2. The van der Waals surface area contributed by atoms with Gasteiger partial charge in [-0.05, 0) is 66.2 Å². The first-order chi connectivity index (χ1) is 40.8. The van der Waals surface area contributed by atoms with Gasteiger partial charge < -0.3 is 74.1 Å². The number of benzene rings is 2. The molecule has 0 aliphatic rings. The second kappa shape index (κ2) is 37.4. The van der Waals surface area contributed by atoms with Crippen molar-refractivity contribution in [2.45, 2.75) is 140 Å². The van der Waals surface area contributed by atoms with Crippen LogP contribution in [0.1, 0.15) is 83.0 Å². The lowest BCUT2D eigenvalue weighted by Crippen LogP contribution is -2.61. The number of likely N-dealkylation sites (N-methyl/N-ethyl adjacent to an activating group) is 1. The summed E-state index contributed by atoms with van der Waals surface area (Å²) in [5, 5.41) is 39.7. The predicted octanol–water partition coefficient (Wildman–Crippen LogP) is -0.865. The SMILES string of the molecule is CC[C@H](C)[C@H](NC(=O)[C@H](CC(=O)O)NC(=O)[C@H](Cc1cnc[nH]1)NC(=O)[C@H](CCSC)NC(=O)[C@@H](N)CC(=O)O)C(=O)N[C@@H](Cc1ccccc1)C(=O)N(C)[C@@H](Cc1ccccc1)C(=O)NCC(=O)N[C@@H](CC(C)C)C(=O)N[C@@H](CCSC)C(N)=O. The zero-order valence-corrected chi connectivity index (χ0v) is 51.1. The van der Waals surface area contributed by atoms with Gasteiger partial charge in [-0.2, -0.15) is 23.5 Å². The van der Waals surface area contributed by atoms with Crippen molar-refractivity contribution in [3.63, 3.8) is 0 Å². The number of hydrogen-bond donors (Lipinski definition) is 13. The van der Waals surface area contributed by atoms with Gasteiger partial charge in [-0.3, -0.25) is 57.5 Å². The highest BCUT2D eigenvalue weighted by Gasteiger charge is 2.38. The van der Waals surface area contributed by atoms with E-state index in [1.54, 1.807) is 80.8 Å². The highest BCUT2D eigenvalue weighted by Crippen LogP contribution is 2.16. The first kappa shape index (κ1) is 72.2. The Hall–Kier alpha value is -8.05. The molecule has 3 rings (SSSR count). The molecule has 27 nitrogen and oxygen atoms in total. The molecule has 1 aromatic heterocycles. The van der Waals surface area contributed by atoms with Gasteiger partial charge in [0.1, 0.15) is 48.3 Å². The number of amides is 10. The van der Waals surface area contributed by atoms with Gasteiger partial charge in [0, 0.05) is 38.2 Å². The number of aromatic amines is 1. The first-order valence-electron chi connectivity index (χ1n) is 28.0. The molecule has 15 N–H and O–H groups in total. The molecule has 0 unspecified atom stereocenters. The second-order valence-corrected chi connectivity index (χ2v) is 23.0. The molecular formula is C57H83N13O14S2. The van der Waals surface area contributed by atoms with Crippen LogP contribution in [0.4, 0.5) is 0 Å². The van der Waals surface area contributed by atoms with Crippen molar-refractivity contribution in [2.24, 2.45) is 23.3 Å². The summed E-state index contributed by atoms with van der Waals surface area (Å²) in [6, 6.07) is 4.68. The largest absolute Gasteiger partial charge is 0.481 e. The molecule has 3 aromatic rings. The zero-order chi connectivity index (χ0) is 64.0. The van der Waals surface area contributed by atoms with Crippen LogP contribution in [0, 0.1) is 11.8 Å². The van der Waals surface area contributed by atoms with Gasteiger partial charge in [-0.1, -0.05) is 94.8 Å². The maximum absolute atomic E-state index is 15.0. The number of carboxylic acids is 2. The number of carbonyl (C=O) groups is 12. The van der Waals surface area contributed by atoms with Crippen molar-refractivity contribution in [2.75, 3.05) is 37.6 Å². The molecule has 10 amide bonds. The van der Waals surface area contributed by atoms with Crippen molar-refractivity contribution in [1.82, 2.24) is 57.4 Å². The highest BCUT2D eigenvalue weighted by atomic mass is 32.2. The lowest BCUT2D eigenvalue weighted by molar-refractivity contribution is -0.143. The van der Waals surface area contributed by atoms with E-state index in [2.05, 4.69) is 52.5 Å². The van der Waals surface area contributed by atoms with Gasteiger partial charge in [0.15, 0.2) is 0 Å². The quantitative estimate of drug-likeness (QED) is 0.0330. The van der Waals surface area contributed by atoms with Crippen molar-refractivity contribution < 1.29 is 67.7 Å². The summed E-state index contributed by atoms with van der Waals surface area (Å²) in [5.41, 5.74) is 12.8. The van der Waals surface area contributed by atoms with Gasteiger partial charge in [-0.15, -0.1) is 0 Å². The monoisotopic (exact) mass is 1240 g/mol. The van der Waals surface area contributed by atoms with Crippen LogP contribution < -0.4 is 54.0 Å². The topological polar surface area (TPSA) is 425 Å². The van der Waals surface area contributed by atoms with Crippen LogP contribution in [0.25, 0.3) is 0 Å². The summed E-state index contributed by atoms with van der Waals surface area (Å²) in [5.74, 6) is -11.4. The number of hydrogen-bond acceptors (Lipinski definition) is 16. The number of rotatable bonds is 39. The number of aliphatic carboxylic acids is 2. The van der Waals surface area contributed by atoms with Crippen LogP contribution in [-0.4, -0.2) is 188 Å². The summed E-state index contributed by atoms with van der Waals surface area (Å²) in [7, 11) is 1.35. The van der Waals surface area contributed by atoms with E-state index in [9.17, 15) is 62.6 Å². The van der Waals surface area contributed by atoms with Gasteiger partial charge in [-0.25, -0.2) is 4.98 Å². The number of nitrogens with zero attached hydrogens (tertiary/aromatic N) is 2. The minimum absolute atomic E-state index is 0.0168. The van der Waals surface area contributed by atoms with Crippen LogP contribution in [0.3, 0.4) is 0 Å². The van der Waals surface area contributed by atoms with Crippen molar-refractivity contribution in [1.29, 1.82) is 0 Å². The van der Waals surface area contributed by atoms with E-state index in [0.717, 1.165) is 4.90 Å². The second-order valence-electron chi connectivity index (χ2n) is 21.0. The Labute approximate surface area is 508 Å². The van der Waals surface area contributed by atoms with E-state index in [-0.39, 0.29) is 50.9 Å². The highest BCUT2D eigenvalue weighted by molar-refractivity contribution is 7.98. The van der Waals surface area contributed by atoms with E-state index in [0.29, 0.717) is 28.3 Å². The maximum atomic E-state index is 15.0. The van der Waals surface area contributed by atoms with E-state index < -0.39 is 151 Å². The summed E-state index contributed by atoms with van der Waals surface area (Å²) in [6.45, 7) is 6.37. The minimum atomic E-state index is -1.88. The number of imidazole rings is 1. The van der Waals surface area contributed by atoms with Crippen LogP contribution in [0.15, 0.2) is 73.2 Å². The van der Waals surface area contributed by atoms with Crippen molar-refractivity contribution >= 4 is 94.5 Å². The lowest BCUT2D eigenvalue weighted by atomic mass is 9.96. The molecule has 86 heavy (non-hydrogen) atoms. The third kappa shape index (κ3) is 25.3. The van der Waals surface area contributed by atoms with E-state index in [1.165, 1.54) is 43.1 Å². The standard InChI is InChI=1S/C57H83N13O14S2/c1-8-33(4)48(69-54(81)42(28-47(74)75)67-53(80)41(26-36-29-60-31-62-36)66-51(78)39(20-22-86-7)65-50(77)37(58)27-46(72)73)56(83)68-43(24-34-15-11-9-12-16-34)57(84)70(5)44(25-35-17-13-10-14-18-35)55(82)61-30-45(71)63-40(23-32(2)3)52(79)64-38(49(59)76)19-21-85-6/h9-18,29,31-33,37-44,48H,8,19-28,30,58H2,1-7H3,(H2,59,76)(H,60,62)(H,61,82)(H,63,71)(H,64,79)(H,65,77)(H,66,78)(H,67,80)(H,68,83)(H,69,81)(H,72,73)(H,74,75)/t33-,37-,38-,39-,40-,41-,42-,43-,44-,48-/m0/s1. The molecule has 472 valence electrons. The van der Waals surface area contributed by atoms with Crippen LogP contribution >= 0.6 is 23.5 Å². The molecule has 0 bridgehead atoms. The average Bonchev–Trinajstić information content (AvgIpc) is 2.53. The third-order valence-electron chi connectivity index (χ3n) is 13.7. The van der Waals surface area contributed by atoms with Gasteiger partial charge in [0.25, 0.3) is 0 Å². The molecule has 0 aliphatic heterocycles. The summed E-state index contributed by atoms with van der Waals surface area (Å²) < 4.78 is 0. The Kier molecular flexibility index (Phi) is 31.4. The summed E-state index contributed by atoms with van der Waals surface area (Å²) in [6.07, 6.45) is 4.69. The van der Waals surface area contributed by atoms with Crippen LogP contribution in [-0.2, 0) is 76.8 Å².